The van der Waals surface area contributed by atoms with Crippen molar-refractivity contribution in [2.75, 3.05) is 0 Å². The second-order valence-corrected chi connectivity index (χ2v) is 7.30. The molecule has 138 valence electrons. The number of ether oxygens (including phenoxy) is 1. The molecule has 3 aromatic rings. The summed E-state index contributed by atoms with van der Waals surface area (Å²) in [4.78, 5) is 24.4. The first-order valence-corrected chi connectivity index (χ1v) is 9.41. The van der Waals surface area contributed by atoms with Crippen molar-refractivity contribution in [3.63, 3.8) is 0 Å². The monoisotopic (exact) mass is 389 g/mol. The second-order valence-electron chi connectivity index (χ2n) is 6.22. The highest BCUT2D eigenvalue weighted by atomic mass is 32.2. The Morgan fingerprint density at radius 3 is 2.36 bits per heavy atom. The van der Waals surface area contributed by atoms with Crippen LogP contribution in [0.4, 0.5) is 5.69 Å². The van der Waals surface area contributed by atoms with Crippen LogP contribution < -0.4 is 4.74 Å². The van der Waals surface area contributed by atoms with Gasteiger partial charge in [0.05, 0.1) is 9.83 Å². The molecule has 0 amide bonds. The number of allylic oxidation sites excluding steroid dienone is 1. The lowest BCUT2D eigenvalue weighted by molar-refractivity contribution is -0.384. The summed E-state index contributed by atoms with van der Waals surface area (Å²) in [6, 6.07) is 21.4. The molecule has 1 heterocycles. The maximum Gasteiger partial charge on any atom is 0.269 e. The van der Waals surface area contributed by atoms with Gasteiger partial charge in [0.25, 0.3) is 5.69 Å². The smallest absolute Gasteiger partial charge is 0.269 e. The summed E-state index contributed by atoms with van der Waals surface area (Å²) in [5, 5.41) is 10.7. The van der Waals surface area contributed by atoms with Crippen LogP contribution in [0, 0.1) is 10.1 Å². The first-order chi connectivity index (χ1) is 13.6. The minimum absolute atomic E-state index is 0.0547. The van der Waals surface area contributed by atoms with E-state index in [1.54, 1.807) is 12.1 Å². The Labute approximate surface area is 165 Å². The van der Waals surface area contributed by atoms with Crippen molar-refractivity contribution in [1.82, 2.24) is 0 Å². The molecule has 0 N–H and O–H groups in total. The number of hydrogen-bond acceptors (Lipinski definition) is 5. The van der Waals surface area contributed by atoms with Gasteiger partial charge in [-0.05, 0) is 53.6 Å². The first kappa shape index (κ1) is 18.0. The number of Topliss-reactive ketones (excluding diaryl/α,β-unsaturated/α-hetero) is 1. The number of ketones is 1. The average Bonchev–Trinajstić information content (AvgIpc) is 3.03. The molecule has 5 nitrogen and oxygen atoms in total. The van der Waals surface area contributed by atoms with E-state index >= 15 is 0 Å². The Balaban J connectivity index is 1.40. The summed E-state index contributed by atoms with van der Waals surface area (Å²) in [6.45, 7) is 0.322. The molecule has 4 rings (SSSR count). The van der Waals surface area contributed by atoms with Gasteiger partial charge in [0.2, 0.25) is 5.78 Å². The van der Waals surface area contributed by atoms with Gasteiger partial charge in [0.15, 0.2) is 0 Å². The molecule has 0 saturated heterocycles. The molecular weight excluding hydrogens is 374 g/mol. The van der Waals surface area contributed by atoms with Crippen molar-refractivity contribution in [2.45, 2.75) is 11.5 Å². The van der Waals surface area contributed by atoms with Crippen molar-refractivity contribution in [1.29, 1.82) is 0 Å². The third-order valence-corrected chi connectivity index (χ3v) is 5.40. The summed E-state index contributed by atoms with van der Waals surface area (Å²) < 4.78 is 5.73. The number of nitro groups is 1. The first-order valence-electron chi connectivity index (χ1n) is 8.59. The van der Waals surface area contributed by atoms with Crippen molar-refractivity contribution >= 4 is 29.3 Å². The normalized spacial score (nSPS) is 14.1. The lowest BCUT2D eigenvalue weighted by Crippen LogP contribution is -1.96. The lowest BCUT2D eigenvalue weighted by atomic mass is 10.1. The summed E-state index contributed by atoms with van der Waals surface area (Å²) in [5.74, 6) is 0.744. The van der Waals surface area contributed by atoms with E-state index in [1.807, 2.05) is 54.6 Å². The predicted molar refractivity (Wildman–Crippen MR) is 108 cm³/mol. The quantitative estimate of drug-likeness (QED) is 0.327. The van der Waals surface area contributed by atoms with E-state index in [0.29, 0.717) is 17.3 Å². The number of nitro benzene ring substituents is 1. The molecular formula is C22H15NO4S. The molecule has 0 aromatic heterocycles. The molecule has 0 bridgehead atoms. The number of nitrogens with zero attached hydrogens (tertiary/aromatic N) is 1. The molecule has 0 fully saturated rings. The Hall–Kier alpha value is -3.38. The summed E-state index contributed by atoms with van der Waals surface area (Å²) in [6.07, 6.45) is 1.88. The molecule has 0 aliphatic carbocycles. The predicted octanol–water partition coefficient (Wildman–Crippen LogP) is 5.50. The minimum atomic E-state index is -0.427. The Morgan fingerprint density at radius 2 is 1.68 bits per heavy atom. The molecule has 0 atom stereocenters. The van der Waals surface area contributed by atoms with Crippen LogP contribution in [0.2, 0.25) is 0 Å². The van der Waals surface area contributed by atoms with Crippen LogP contribution in [0.15, 0.2) is 82.6 Å². The van der Waals surface area contributed by atoms with Gasteiger partial charge >= 0.3 is 0 Å². The molecule has 0 radical (unpaired) electrons. The Morgan fingerprint density at radius 1 is 0.964 bits per heavy atom. The molecule has 0 spiro atoms. The van der Waals surface area contributed by atoms with Gasteiger partial charge < -0.3 is 4.74 Å². The van der Waals surface area contributed by atoms with E-state index in [4.69, 9.17) is 4.74 Å². The van der Waals surface area contributed by atoms with Crippen LogP contribution in [0.5, 0.6) is 5.75 Å². The zero-order chi connectivity index (χ0) is 19.5. The largest absolute Gasteiger partial charge is 0.489 e. The summed E-state index contributed by atoms with van der Waals surface area (Å²) in [5.41, 5.74) is 2.58. The number of fused-ring (bicyclic) bond motifs is 1. The van der Waals surface area contributed by atoms with Crippen LogP contribution in [0.3, 0.4) is 0 Å². The third-order valence-electron chi connectivity index (χ3n) is 4.31. The number of carbonyl (C=O) groups excluding carboxylic acids is 1. The van der Waals surface area contributed by atoms with E-state index in [9.17, 15) is 14.9 Å². The van der Waals surface area contributed by atoms with E-state index in [2.05, 4.69) is 0 Å². The van der Waals surface area contributed by atoms with E-state index in [-0.39, 0.29) is 11.5 Å². The highest BCUT2D eigenvalue weighted by Gasteiger charge is 2.24. The number of carbonyl (C=O) groups is 1. The van der Waals surface area contributed by atoms with Crippen molar-refractivity contribution in [3.05, 3.63) is 105 Å². The van der Waals surface area contributed by atoms with Crippen molar-refractivity contribution < 1.29 is 14.5 Å². The second kappa shape index (κ2) is 7.70. The Bertz CT molecular complexity index is 1070. The highest BCUT2D eigenvalue weighted by molar-refractivity contribution is 8.04. The van der Waals surface area contributed by atoms with Crippen LogP contribution in [0.1, 0.15) is 21.5 Å². The van der Waals surface area contributed by atoms with Gasteiger partial charge in [0, 0.05) is 22.6 Å². The van der Waals surface area contributed by atoms with Gasteiger partial charge in [-0.25, -0.2) is 0 Å². The van der Waals surface area contributed by atoms with Crippen molar-refractivity contribution in [2.24, 2.45) is 0 Å². The van der Waals surface area contributed by atoms with E-state index < -0.39 is 4.92 Å². The zero-order valence-electron chi connectivity index (χ0n) is 14.7. The average molecular weight is 389 g/mol. The molecule has 0 saturated carbocycles. The van der Waals surface area contributed by atoms with Crippen LogP contribution in [-0.2, 0) is 6.61 Å². The number of thioether (sulfide) groups is 1. The maximum absolute atomic E-state index is 12.4. The number of hydrogen-bond donors (Lipinski definition) is 0. The molecule has 6 heteroatoms. The van der Waals surface area contributed by atoms with Crippen LogP contribution >= 0.6 is 11.8 Å². The SMILES string of the molecule is O=C1/C(=C\c2ccc(OCc3ccc([N+](=O)[O-])cc3)cc2)Sc2ccccc21. The standard InChI is InChI=1S/C22H15NO4S/c24-22-19-3-1-2-4-20(19)28-21(22)13-15-7-11-18(12-8-15)27-14-16-5-9-17(10-6-16)23(25)26/h1-13H,14H2/b21-13+. The minimum Gasteiger partial charge on any atom is -0.489 e. The van der Waals surface area contributed by atoms with E-state index in [1.165, 1.54) is 23.9 Å². The topological polar surface area (TPSA) is 69.4 Å². The van der Waals surface area contributed by atoms with Gasteiger partial charge in [0.1, 0.15) is 12.4 Å². The number of benzene rings is 3. The summed E-state index contributed by atoms with van der Waals surface area (Å²) in [7, 11) is 0. The third kappa shape index (κ3) is 3.82. The zero-order valence-corrected chi connectivity index (χ0v) is 15.5. The highest BCUT2D eigenvalue weighted by Crippen LogP contribution is 2.40. The lowest BCUT2D eigenvalue weighted by Gasteiger charge is -2.06. The molecule has 0 unspecified atom stereocenters. The molecule has 28 heavy (non-hydrogen) atoms. The van der Waals surface area contributed by atoms with Gasteiger partial charge in [-0.2, -0.15) is 0 Å². The fraction of sp³-hybridized carbons (Fsp3) is 0.0455. The fourth-order valence-corrected chi connectivity index (χ4v) is 3.88. The number of non-ortho nitro benzene ring substituents is 1. The van der Waals surface area contributed by atoms with Crippen molar-refractivity contribution in [3.8, 4) is 5.75 Å². The number of rotatable bonds is 5. The maximum atomic E-state index is 12.4. The molecule has 3 aromatic carbocycles. The van der Waals surface area contributed by atoms with Gasteiger partial charge in [-0.1, -0.05) is 36.0 Å². The van der Waals surface area contributed by atoms with Crippen LogP contribution in [0.25, 0.3) is 6.08 Å². The van der Waals surface area contributed by atoms with Gasteiger partial charge in [-0.15, -0.1) is 0 Å². The van der Waals surface area contributed by atoms with Gasteiger partial charge in [-0.3, -0.25) is 14.9 Å². The van der Waals surface area contributed by atoms with Crippen LogP contribution in [-0.4, -0.2) is 10.7 Å². The fourth-order valence-electron chi connectivity index (χ4n) is 2.83. The molecule has 1 aliphatic rings. The molecule has 1 aliphatic heterocycles. The summed E-state index contributed by atoms with van der Waals surface area (Å²) >= 11 is 1.49. The Kier molecular flexibility index (Phi) is 4.95. The van der Waals surface area contributed by atoms with E-state index in [0.717, 1.165) is 21.6 Å².